The third-order valence-electron chi connectivity index (χ3n) is 9.15. The molecule has 3 fully saturated rings. The van der Waals surface area contributed by atoms with E-state index in [0.717, 1.165) is 17.7 Å². The van der Waals surface area contributed by atoms with E-state index in [2.05, 4.69) is 4.99 Å². The minimum atomic E-state index is -5.13. The molecule has 2 saturated carbocycles. The summed E-state index contributed by atoms with van der Waals surface area (Å²) >= 11 is 0. The molecule has 43 heavy (non-hydrogen) atoms. The number of fused-ring (bicyclic) bond motifs is 3. The number of aliphatic hydroxyl groups is 1. The summed E-state index contributed by atoms with van der Waals surface area (Å²) < 4.78 is 103. The minimum absolute atomic E-state index is 0.0176. The van der Waals surface area contributed by atoms with E-state index in [-0.39, 0.29) is 67.9 Å². The van der Waals surface area contributed by atoms with Crippen molar-refractivity contribution in [1.29, 1.82) is 0 Å². The lowest BCUT2D eigenvalue weighted by Gasteiger charge is -2.36. The first-order valence-corrected chi connectivity index (χ1v) is 13.6. The maximum atomic E-state index is 15.1. The molecule has 2 unspecified atom stereocenters. The van der Waals surface area contributed by atoms with Crippen molar-refractivity contribution in [1.82, 2.24) is 0 Å². The highest BCUT2D eigenvalue weighted by Crippen LogP contribution is 2.72. The second-order valence-corrected chi connectivity index (χ2v) is 11.8. The van der Waals surface area contributed by atoms with Gasteiger partial charge in [-0.3, -0.25) is 9.79 Å². The van der Waals surface area contributed by atoms with Gasteiger partial charge in [-0.1, -0.05) is 12.5 Å². The predicted octanol–water partition coefficient (Wildman–Crippen LogP) is 5.53. The van der Waals surface area contributed by atoms with Crippen molar-refractivity contribution in [3.63, 3.8) is 0 Å². The number of halogens is 6. The zero-order valence-corrected chi connectivity index (χ0v) is 22.8. The third kappa shape index (κ3) is 5.16. The van der Waals surface area contributed by atoms with E-state index in [1.807, 2.05) is 6.92 Å². The van der Waals surface area contributed by atoms with E-state index in [1.165, 1.54) is 0 Å². The zero-order valence-electron chi connectivity index (χ0n) is 22.8. The molecule has 2 aromatic carbocycles. The predicted molar refractivity (Wildman–Crippen MR) is 139 cm³/mol. The highest BCUT2D eigenvalue weighted by atomic mass is 19.4. The standard InChI is InChI=1S/C30H27F6NO6/c1-28-19(26(28)27(38)39)5-14-6-24(37-10-20(14)28)43-11-15-4-17(18(9-21(15)31)30(34,35)36)25-22(32)7-16(8-23(25)33)42-3-2-29(40)12-41-13-29/h4,6-9,19-20,26,40H,2-3,5,10-13H2,1H3,(H,38,39)/t19-,20?,26+,28?/m0/s1. The molecule has 0 aromatic heterocycles. The van der Waals surface area contributed by atoms with Gasteiger partial charge in [0.05, 0.1) is 36.9 Å². The van der Waals surface area contributed by atoms with Gasteiger partial charge in [0.1, 0.15) is 35.4 Å². The molecule has 1 saturated heterocycles. The second kappa shape index (κ2) is 10.3. The molecular formula is C30H27F6NO6. The molecule has 2 aliphatic carbocycles. The Labute approximate surface area is 241 Å². The molecule has 0 radical (unpaired) electrons. The number of hydrogen-bond acceptors (Lipinski definition) is 6. The van der Waals surface area contributed by atoms with Gasteiger partial charge in [-0.2, -0.15) is 13.2 Å². The van der Waals surface area contributed by atoms with E-state index in [0.29, 0.717) is 12.5 Å². The summed E-state index contributed by atoms with van der Waals surface area (Å²) in [6, 6.07) is 2.32. The highest BCUT2D eigenvalue weighted by Gasteiger charge is 2.72. The summed E-state index contributed by atoms with van der Waals surface area (Å²) in [6.45, 7) is 1.66. The molecule has 0 amide bonds. The van der Waals surface area contributed by atoms with Crippen molar-refractivity contribution in [3.8, 4) is 16.9 Å². The van der Waals surface area contributed by atoms with Crippen LogP contribution in [0.4, 0.5) is 26.3 Å². The zero-order chi connectivity index (χ0) is 30.9. The Balaban J connectivity index is 1.21. The first-order valence-electron chi connectivity index (χ1n) is 13.6. The van der Waals surface area contributed by atoms with Crippen molar-refractivity contribution in [2.75, 3.05) is 26.4 Å². The van der Waals surface area contributed by atoms with E-state index < -0.39 is 69.8 Å². The van der Waals surface area contributed by atoms with Gasteiger partial charge in [-0.15, -0.1) is 0 Å². The molecular weight excluding hydrogens is 584 g/mol. The number of carboxylic acid groups (broad SMARTS) is 1. The van der Waals surface area contributed by atoms with Gasteiger partial charge in [0, 0.05) is 42.1 Å². The minimum Gasteiger partial charge on any atom is -0.493 e. The van der Waals surface area contributed by atoms with E-state index in [4.69, 9.17) is 14.2 Å². The van der Waals surface area contributed by atoms with Crippen LogP contribution < -0.4 is 4.74 Å². The number of nitrogens with zero attached hydrogens (tertiary/aromatic N) is 1. The van der Waals surface area contributed by atoms with Gasteiger partial charge < -0.3 is 24.4 Å². The average molecular weight is 612 g/mol. The van der Waals surface area contributed by atoms with Crippen LogP contribution in [0.5, 0.6) is 5.75 Å². The van der Waals surface area contributed by atoms with E-state index in [1.54, 1.807) is 6.08 Å². The van der Waals surface area contributed by atoms with Crippen molar-refractivity contribution >= 4 is 11.9 Å². The Morgan fingerprint density at radius 3 is 2.40 bits per heavy atom. The topological polar surface area (TPSA) is 97.6 Å². The number of dihydropyridines is 1. The van der Waals surface area contributed by atoms with Crippen LogP contribution in [0.2, 0.25) is 0 Å². The normalized spacial score (nSPS) is 26.9. The largest absolute Gasteiger partial charge is 0.493 e. The van der Waals surface area contributed by atoms with Crippen molar-refractivity contribution in [2.24, 2.45) is 28.2 Å². The maximum Gasteiger partial charge on any atom is 0.417 e. The fourth-order valence-corrected chi connectivity index (χ4v) is 6.67. The summed E-state index contributed by atoms with van der Waals surface area (Å²) in [5.41, 5.74) is -4.44. The van der Waals surface area contributed by atoms with E-state index in [9.17, 15) is 32.6 Å². The summed E-state index contributed by atoms with van der Waals surface area (Å²) in [5.74, 6) is -5.56. The summed E-state index contributed by atoms with van der Waals surface area (Å²) in [5, 5.41) is 19.5. The van der Waals surface area contributed by atoms with Gasteiger partial charge in [0.25, 0.3) is 0 Å². The average Bonchev–Trinajstić information content (AvgIpc) is 3.39. The Kier molecular flexibility index (Phi) is 7.03. The first-order chi connectivity index (χ1) is 20.2. The molecule has 230 valence electrons. The molecule has 0 spiro atoms. The van der Waals surface area contributed by atoms with Crippen LogP contribution in [-0.2, 0) is 27.1 Å². The number of carbonyl (C=O) groups is 1. The Hall–Kier alpha value is -3.58. The molecule has 2 aliphatic heterocycles. The molecule has 4 aliphatic rings. The number of benzene rings is 2. The lowest BCUT2D eigenvalue weighted by molar-refractivity contribution is -0.184. The maximum absolute atomic E-state index is 15.1. The molecule has 4 atom stereocenters. The molecule has 7 nitrogen and oxygen atoms in total. The number of hydrogen-bond donors (Lipinski definition) is 2. The number of aliphatic imine (C=N–C) groups is 1. The third-order valence-corrected chi connectivity index (χ3v) is 9.15. The van der Waals surface area contributed by atoms with Gasteiger partial charge in [-0.25, -0.2) is 13.2 Å². The van der Waals surface area contributed by atoms with Gasteiger partial charge in [0.15, 0.2) is 0 Å². The van der Waals surface area contributed by atoms with Crippen molar-refractivity contribution in [3.05, 3.63) is 64.5 Å². The second-order valence-electron chi connectivity index (χ2n) is 11.8. The van der Waals surface area contributed by atoms with Crippen molar-refractivity contribution < 1.29 is 55.6 Å². The van der Waals surface area contributed by atoms with Crippen molar-refractivity contribution in [2.45, 2.75) is 38.1 Å². The SMILES string of the molecule is CC12C3CN=C(OCc4cc(-c5c(F)cc(OCCC6(O)COC6)cc5F)c(C(F)(F)F)cc4F)C=C3C[C@H]1[C@@H]2C(=O)O. The molecule has 2 heterocycles. The Bertz CT molecular complexity index is 1530. The number of carboxylic acids is 1. The van der Waals surface area contributed by atoms with Crippen LogP contribution in [-0.4, -0.2) is 54.0 Å². The fourth-order valence-electron chi connectivity index (χ4n) is 6.67. The summed E-state index contributed by atoms with van der Waals surface area (Å²) in [4.78, 5) is 15.8. The van der Waals surface area contributed by atoms with Crippen LogP contribution in [0.25, 0.3) is 11.1 Å². The summed E-state index contributed by atoms with van der Waals surface area (Å²) in [7, 11) is 0. The fraction of sp³-hybridized carbons (Fsp3) is 0.467. The van der Waals surface area contributed by atoms with Gasteiger partial charge in [-0.05, 0) is 36.0 Å². The van der Waals surface area contributed by atoms with Crippen LogP contribution in [0.3, 0.4) is 0 Å². The van der Waals surface area contributed by atoms with Crippen LogP contribution in [0.1, 0.15) is 30.9 Å². The Morgan fingerprint density at radius 2 is 1.79 bits per heavy atom. The molecule has 6 rings (SSSR count). The monoisotopic (exact) mass is 611 g/mol. The number of rotatable bonds is 8. The molecule has 0 bridgehead atoms. The summed E-state index contributed by atoms with van der Waals surface area (Å²) in [6.07, 6.45) is -2.83. The quantitative estimate of drug-likeness (QED) is 0.381. The molecule has 2 aromatic rings. The number of alkyl halides is 3. The lowest BCUT2D eigenvalue weighted by Crippen LogP contribution is -2.50. The van der Waals surface area contributed by atoms with Crippen LogP contribution in [0, 0.1) is 40.6 Å². The lowest BCUT2D eigenvalue weighted by atomic mass is 9.84. The van der Waals surface area contributed by atoms with Gasteiger partial charge >= 0.3 is 12.1 Å². The molecule has 13 heteroatoms. The van der Waals surface area contributed by atoms with Crippen LogP contribution >= 0.6 is 0 Å². The number of ether oxygens (including phenoxy) is 3. The van der Waals surface area contributed by atoms with Gasteiger partial charge in [0.2, 0.25) is 5.90 Å². The molecule has 2 N–H and O–H groups in total. The Morgan fingerprint density at radius 1 is 1.09 bits per heavy atom. The first kappa shape index (κ1) is 29.5. The van der Waals surface area contributed by atoms with E-state index >= 15 is 8.78 Å². The highest BCUT2D eigenvalue weighted by molar-refractivity contribution is 5.90. The van der Waals surface area contributed by atoms with Crippen LogP contribution in [0.15, 0.2) is 40.9 Å². The number of aliphatic carboxylic acids is 1. The smallest absolute Gasteiger partial charge is 0.417 e.